The van der Waals surface area contributed by atoms with Crippen LogP contribution < -0.4 is 11.1 Å². The molecule has 1 saturated heterocycles. The molecule has 1 heterocycles. The van der Waals surface area contributed by atoms with Gasteiger partial charge in [0.15, 0.2) is 0 Å². The van der Waals surface area contributed by atoms with Crippen molar-refractivity contribution in [2.75, 3.05) is 18.5 Å². The number of benzene rings is 1. The van der Waals surface area contributed by atoms with Crippen molar-refractivity contribution in [3.8, 4) is 0 Å². The van der Waals surface area contributed by atoms with Gasteiger partial charge in [-0.15, -0.1) is 0 Å². The summed E-state index contributed by atoms with van der Waals surface area (Å²) in [5.74, 6) is 0. The molecule has 3 heteroatoms. The Morgan fingerprint density at radius 2 is 2.44 bits per heavy atom. The molecule has 88 valence electrons. The fourth-order valence-electron chi connectivity index (χ4n) is 2.17. The molecule has 0 radical (unpaired) electrons. The lowest BCUT2D eigenvalue weighted by Gasteiger charge is -2.23. The molecular formula is C13H20N2O. The van der Waals surface area contributed by atoms with E-state index in [1.165, 1.54) is 5.56 Å². The first kappa shape index (κ1) is 11.4. The topological polar surface area (TPSA) is 47.3 Å². The fourth-order valence-corrected chi connectivity index (χ4v) is 2.17. The van der Waals surface area contributed by atoms with E-state index in [9.17, 15) is 0 Å². The van der Waals surface area contributed by atoms with Gasteiger partial charge in [0.25, 0.3) is 0 Å². The van der Waals surface area contributed by atoms with Crippen LogP contribution in [-0.4, -0.2) is 25.3 Å². The molecule has 1 aromatic carbocycles. The van der Waals surface area contributed by atoms with Crippen LogP contribution in [0.5, 0.6) is 0 Å². The van der Waals surface area contributed by atoms with Crippen molar-refractivity contribution >= 4 is 5.69 Å². The van der Waals surface area contributed by atoms with Gasteiger partial charge in [0.05, 0.1) is 12.1 Å². The molecule has 1 aliphatic heterocycles. The van der Waals surface area contributed by atoms with Gasteiger partial charge in [0.1, 0.15) is 0 Å². The Balaban J connectivity index is 2.00. The van der Waals surface area contributed by atoms with Gasteiger partial charge in [0, 0.05) is 18.8 Å². The summed E-state index contributed by atoms with van der Waals surface area (Å²) in [4.78, 5) is 0. The van der Waals surface area contributed by atoms with E-state index < -0.39 is 0 Å². The van der Waals surface area contributed by atoms with Crippen LogP contribution in [0.3, 0.4) is 0 Å². The second-order valence-electron chi connectivity index (χ2n) is 4.41. The Kier molecular flexibility index (Phi) is 3.80. The van der Waals surface area contributed by atoms with Crippen molar-refractivity contribution in [3.05, 3.63) is 29.8 Å². The van der Waals surface area contributed by atoms with E-state index >= 15 is 0 Å². The molecule has 16 heavy (non-hydrogen) atoms. The van der Waals surface area contributed by atoms with E-state index in [4.69, 9.17) is 10.5 Å². The number of hydrogen-bond donors (Lipinski definition) is 2. The molecule has 0 spiro atoms. The van der Waals surface area contributed by atoms with Crippen LogP contribution in [-0.2, 0) is 4.74 Å². The number of aryl methyl sites for hydroxylation is 1. The van der Waals surface area contributed by atoms with Crippen molar-refractivity contribution in [2.24, 2.45) is 5.73 Å². The van der Waals surface area contributed by atoms with Crippen molar-refractivity contribution < 1.29 is 4.74 Å². The minimum Gasteiger partial charge on any atom is -0.378 e. The highest BCUT2D eigenvalue weighted by Crippen LogP contribution is 2.19. The quantitative estimate of drug-likeness (QED) is 0.815. The van der Waals surface area contributed by atoms with E-state index in [0.717, 1.165) is 25.1 Å². The van der Waals surface area contributed by atoms with E-state index in [1.807, 2.05) is 0 Å². The normalized spacial score (nSPS) is 22.0. The van der Waals surface area contributed by atoms with Crippen molar-refractivity contribution in [3.63, 3.8) is 0 Å². The Morgan fingerprint density at radius 1 is 1.56 bits per heavy atom. The number of hydrogen-bond acceptors (Lipinski definition) is 3. The number of rotatable bonds is 4. The highest BCUT2D eigenvalue weighted by atomic mass is 16.5. The van der Waals surface area contributed by atoms with Gasteiger partial charge in [-0.3, -0.25) is 0 Å². The first-order valence-corrected chi connectivity index (χ1v) is 5.94. The number of anilines is 1. The van der Waals surface area contributed by atoms with Crippen LogP contribution in [0.1, 0.15) is 18.4 Å². The largest absolute Gasteiger partial charge is 0.378 e. The molecule has 3 N–H and O–H groups in total. The molecule has 0 bridgehead atoms. The lowest BCUT2D eigenvalue weighted by molar-refractivity contribution is 0.0973. The first-order valence-electron chi connectivity index (χ1n) is 5.94. The van der Waals surface area contributed by atoms with Gasteiger partial charge in [-0.2, -0.15) is 0 Å². The van der Waals surface area contributed by atoms with E-state index in [2.05, 4.69) is 36.5 Å². The van der Waals surface area contributed by atoms with Crippen molar-refractivity contribution in [1.82, 2.24) is 0 Å². The summed E-state index contributed by atoms with van der Waals surface area (Å²) >= 11 is 0. The third-order valence-corrected chi connectivity index (χ3v) is 3.04. The highest BCUT2D eigenvalue weighted by Gasteiger charge is 2.24. The maximum Gasteiger partial charge on any atom is 0.0789 e. The van der Waals surface area contributed by atoms with Crippen LogP contribution >= 0.6 is 0 Å². The molecule has 0 amide bonds. The summed E-state index contributed by atoms with van der Waals surface area (Å²) < 4.78 is 5.67. The Bertz CT molecular complexity index is 334. The van der Waals surface area contributed by atoms with E-state index in [1.54, 1.807) is 0 Å². The van der Waals surface area contributed by atoms with Crippen LogP contribution in [0.4, 0.5) is 5.69 Å². The SMILES string of the molecule is Cc1cccc(NC(CN)C2CCCO2)c1. The van der Waals surface area contributed by atoms with Crippen LogP contribution in [0.2, 0.25) is 0 Å². The monoisotopic (exact) mass is 220 g/mol. The van der Waals surface area contributed by atoms with Crippen LogP contribution in [0.15, 0.2) is 24.3 Å². The molecule has 2 rings (SSSR count). The van der Waals surface area contributed by atoms with Crippen molar-refractivity contribution in [1.29, 1.82) is 0 Å². The summed E-state index contributed by atoms with van der Waals surface area (Å²) in [6, 6.07) is 8.59. The predicted octanol–water partition coefficient (Wildman–Crippen LogP) is 1.91. The molecule has 2 unspecified atom stereocenters. The number of nitrogens with one attached hydrogen (secondary N) is 1. The molecule has 1 aromatic rings. The lowest BCUT2D eigenvalue weighted by atomic mass is 10.1. The fraction of sp³-hybridized carbons (Fsp3) is 0.538. The Hall–Kier alpha value is -1.06. The molecule has 1 fully saturated rings. The summed E-state index contributed by atoms with van der Waals surface area (Å²) in [5, 5.41) is 3.46. The van der Waals surface area contributed by atoms with Crippen LogP contribution in [0, 0.1) is 6.92 Å². The summed E-state index contributed by atoms with van der Waals surface area (Å²) in [7, 11) is 0. The summed E-state index contributed by atoms with van der Waals surface area (Å²) in [6.45, 7) is 3.57. The minimum atomic E-state index is 0.226. The van der Waals surface area contributed by atoms with Gasteiger partial charge in [-0.1, -0.05) is 12.1 Å². The van der Waals surface area contributed by atoms with Gasteiger partial charge in [-0.05, 0) is 37.5 Å². The predicted molar refractivity (Wildman–Crippen MR) is 66.6 cm³/mol. The second-order valence-corrected chi connectivity index (χ2v) is 4.41. The second kappa shape index (κ2) is 5.32. The third-order valence-electron chi connectivity index (χ3n) is 3.04. The molecule has 0 saturated carbocycles. The van der Waals surface area contributed by atoms with E-state index in [-0.39, 0.29) is 12.1 Å². The molecule has 1 aliphatic rings. The average Bonchev–Trinajstić information content (AvgIpc) is 2.79. The summed E-state index contributed by atoms with van der Waals surface area (Å²) in [5.41, 5.74) is 8.18. The van der Waals surface area contributed by atoms with E-state index in [0.29, 0.717) is 6.54 Å². The molecule has 2 atom stereocenters. The zero-order chi connectivity index (χ0) is 11.4. The van der Waals surface area contributed by atoms with Crippen LogP contribution in [0.25, 0.3) is 0 Å². The standard InChI is InChI=1S/C13H20N2O/c1-10-4-2-5-11(8-10)15-12(9-14)13-6-3-7-16-13/h2,4-5,8,12-13,15H,3,6-7,9,14H2,1H3. The molecule has 0 aliphatic carbocycles. The first-order chi connectivity index (χ1) is 7.79. The third kappa shape index (κ3) is 2.74. The molecular weight excluding hydrogens is 200 g/mol. The van der Waals surface area contributed by atoms with Gasteiger partial charge < -0.3 is 15.8 Å². The van der Waals surface area contributed by atoms with Gasteiger partial charge in [-0.25, -0.2) is 0 Å². The average molecular weight is 220 g/mol. The summed E-state index contributed by atoms with van der Waals surface area (Å²) in [6.07, 6.45) is 2.53. The smallest absolute Gasteiger partial charge is 0.0789 e. The molecule has 0 aromatic heterocycles. The zero-order valence-electron chi connectivity index (χ0n) is 9.78. The lowest BCUT2D eigenvalue weighted by Crippen LogP contribution is -2.39. The maximum absolute atomic E-state index is 5.80. The van der Waals surface area contributed by atoms with Crippen molar-refractivity contribution in [2.45, 2.75) is 31.9 Å². The van der Waals surface area contributed by atoms with Gasteiger partial charge >= 0.3 is 0 Å². The number of ether oxygens (including phenoxy) is 1. The highest BCUT2D eigenvalue weighted by molar-refractivity contribution is 5.46. The number of nitrogens with two attached hydrogens (primary N) is 1. The maximum atomic E-state index is 5.80. The minimum absolute atomic E-state index is 0.226. The zero-order valence-corrected chi connectivity index (χ0v) is 9.78. The molecule has 3 nitrogen and oxygen atoms in total. The Labute approximate surface area is 97.0 Å². The Morgan fingerprint density at radius 3 is 3.06 bits per heavy atom. The van der Waals surface area contributed by atoms with Gasteiger partial charge in [0.2, 0.25) is 0 Å².